The zero-order chi connectivity index (χ0) is 10.4. The van der Waals surface area contributed by atoms with E-state index in [0.717, 1.165) is 5.56 Å². The first kappa shape index (κ1) is 10.9. The van der Waals surface area contributed by atoms with Gasteiger partial charge in [0.1, 0.15) is 6.23 Å². The molecule has 5 heteroatoms. The number of hydrogen-bond donors (Lipinski definition) is 2. The highest BCUT2D eigenvalue weighted by Gasteiger charge is 1.96. The van der Waals surface area contributed by atoms with E-state index in [-0.39, 0.29) is 0 Å². The normalized spacial score (nSPS) is 13.6. The molecule has 1 rings (SSSR count). The van der Waals surface area contributed by atoms with Crippen molar-refractivity contribution >= 4 is 17.1 Å². The van der Waals surface area contributed by atoms with Gasteiger partial charge in [0.05, 0.1) is 0 Å². The first-order valence-corrected chi connectivity index (χ1v) is 5.08. The SMILES string of the molecule is NC(C=Cc1ccccc1)O[SH](=O)=O. The molecule has 0 fully saturated rings. The number of hydrogen-bond acceptors (Lipinski definition) is 4. The molecule has 0 saturated carbocycles. The smallest absolute Gasteiger partial charge is 0.258 e. The molecular weight excluding hydrogens is 202 g/mol. The molecule has 0 radical (unpaired) electrons. The van der Waals surface area contributed by atoms with Crippen LogP contribution >= 0.6 is 0 Å². The Hall–Kier alpha value is -1.17. The van der Waals surface area contributed by atoms with Gasteiger partial charge in [0.25, 0.3) is 11.0 Å². The molecule has 0 bridgehead atoms. The molecule has 0 aliphatic carbocycles. The average molecular weight is 213 g/mol. The third-order valence-corrected chi connectivity index (χ3v) is 1.90. The summed E-state index contributed by atoms with van der Waals surface area (Å²) in [7, 11) is -2.90. The van der Waals surface area contributed by atoms with Crippen molar-refractivity contribution in [3.8, 4) is 0 Å². The molecule has 0 aliphatic rings. The van der Waals surface area contributed by atoms with E-state index in [1.807, 2.05) is 30.3 Å². The van der Waals surface area contributed by atoms with E-state index >= 15 is 0 Å². The fourth-order valence-electron chi connectivity index (χ4n) is 0.905. The summed E-state index contributed by atoms with van der Waals surface area (Å²) in [6.07, 6.45) is 2.25. The van der Waals surface area contributed by atoms with E-state index < -0.39 is 17.2 Å². The summed E-state index contributed by atoms with van der Waals surface area (Å²) in [4.78, 5) is 0. The molecular formula is C9H11NO3S. The quantitative estimate of drug-likeness (QED) is 0.565. The monoisotopic (exact) mass is 213 g/mol. The van der Waals surface area contributed by atoms with Crippen molar-refractivity contribution in [1.29, 1.82) is 0 Å². The molecule has 0 spiro atoms. The lowest BCUT2D eigenvalue weighted by atomic mass is 10.2. The van der Waals surface area contributed by atoms with E-state index in [1.54, 1.807) is 6.08 Å². The maximum absolute atomic E-state index is 10.1. The molecule has 1 aromatic carbocycles. The maximum atomic E-state index is 10.1. The van der Waals surface area contributed by atoms with Crippen LogP contribution in [0, 0.1) is 0 Å². The van der Waals surface area contributed by atoms with E-state index in [2.05, 4.69) is 4.18 Å². The average Bonchev–Trinajstić information content (AvgIpc) is 2.15. The summed E-state index contributed by atoms with van der Waals surface area (Å²) < 4.78 is 24.6. The van der Waals surface area contributed by atoms with Gasteiger partial charge < -0.3 is 5.73 Å². The largest absolute Gasteiger partial charge is 0.302 e. The lowest BCUT2D eigenvalue weighted by Gasteiger charge is -2.00. The predicted octanol–water partition coefficient (Wildman–Crippen LogP) is 0.528. The Labute approximate surface area is 84.2 Å². The lowest BCUT2D eigenvalue weighted by Crippen LogP contribution is -2.19. The molecule has 0 amide bonds. The first-order valence-electron chi connectivity index (χ1n) is 3.98. The van der Waals surface area contributed by atoms with Crippen molar-refractivity contribution in [2.45, 2.75) is 6.23 Å². The second kappa shape index (κ2) is 5.54. The van der Waals surface area contributed by atoms with Crippen molar-refractivity contribution in [3.63, 3.8) is 0 Å². The molecule has 1 atom stereocenters. The van der Waals surface area contributed by atoms with Crippen molar-refractivity contribution < 1.29 is 12.6 Å². The fraction of sp³-hybridized carbons (Fsp3) is 0.111. The van der Waals surface area contributed by atoms with E-state index in [0.29, 0.717) is 0 Å². The van der Waals surface area contributed by atoms with Gasteiger partial charge in [-0.15, -0.1) is 0 Å². The zero-order valence-corrected chi connectivity index (χ0v) is 8.26. The molecule has 1 unspecified atom stereocenters. The van der Waals surface area contributed by atoms with Gasteiger partial charge in [-0.3, -0.25) is 0 Å². The Balaban J connectivity index is 2.56. The summed E-state index contributed by atoms with van der Waals surface area (Å²) in [6.45, 7) is 0. The molecule has 76 valence electrons. The van der Waals surface area contributed by atoms with Crippen LogP contribution in [0.2, 0.25) is 0 Å². The molecule has 0 aromatic heterocycles. The summed E-state index contributed by atoms with van der Waals surface area (Å²) in [6, 6.07) is 9.39. The van der Waals surface area contributed by atoms with Crippen LogP contribution in [-0.4, -0.2) is 14.6 Å². The topological polar surface area (TPSA) is 69.4 Å². The zero-order valence-electron chi connectivity index (χ0n) is 7.37. The molecule has 1 aromatic rings. The number of rotatable bonds is 4. The molecule has 0 heterocycles. The first-order chi connectivity index (χ1) is 6.68. The van der Waals surface area contributed by atoms with Gasteiger partial charge in [-0.2, -0.15) is 0 Å². The van der Waals surface area contributed by atoms with E-state index in [4.69, 9.17) is 5.73 Å². The molecule has 4 nitrogen and oxygen atoms in total. The van der Waals surface area contributed by atoms with Crippen molar-refractivity contribution in [3.05, 3.63) is 42.0 Å². The maximum Gasteiger partial charge on any atom is 0.258 e. The third-order valence-electron chi connectivity index (χ3n) is 1.49. The van der Waals surface area contributed by atoms with Crippen LogP contribution in [0.5, 0.6) is 0 Å². The fourth-order valence-corrected chi connectivity index (χ4v) is 1.17. The van der Waals surface area contributed by atoms with Crippen LogP contribution in [0.25, 0.3) is 6.08 Å². The van der Waals surface area contributed by atoms with Crippen molar-refractivity contribution in [2.75, 3.05) is 0 Å². The summed E-state index contributed by atoms with van der Waals surface area (Å²) in [5, 5.41) is 0. The Morgan fingerprint density at radius 1 is 1.29 bits per heavy atom. The van der Waals surface area contributed by atoms with Gasteiger partial charge in [0, 0.05) is 0 Å². The van der Waals surface area contributed by atoms with Crippen LogP contribution in [0.3, 0.4) is 0 Å². The van der Waals surface area contributed by atoms with Crippen LogP contribution in [0.15, 0.2) is 36.4 Å². The summed E-state index contributed by atoms with van der Waals surface area (Å²) in [5.41, 5.74) is 6.27. The van der Waals surface area contributed by atoms with Crippen LogP contribution < -0.4 is 5.73 Å². The highest BCUT2D eigenvalue weighted by molar-refractivity contribution is 7.67. The van der Waals surface area contributed by atoms with Crippen LogP contribution in [0.4, 0.5) is 0 Å². The van der Waals surface area contributed by atoms with Gasteiger partial charge in [-0.05, 0) is 11.6 Å². The van der Waals surface area contributed by atoms with Gasteiger partial charge >= 0.3 is 0 Å². The minimum absolute atomic E-state index is 0.920. The second-order valence-corrected chi connectivity index (χ2v) is 3.22. The van der Waals surface area contributed by atoms with Crippen molar-refractivity contribution in [1.82, 2.24) is 0 Å². The predicted molar refractivity (Wildman–Crippen MR) is 54.9 cm³/mol. The molecule has 0 saturated heterocycles. The molecule has 0 aliphatic heterocycles. The lowest BCUT2D eigenvalue weighted by molar-refractivity contribution is 0.277. The Morgan fingerprint density at radius 2 is 1.93 bits per heavy atom. The molecule has 2 N–H and O–H groups in total. The highest BCUT2D eigenvalue weighted by Crippen LogP contribution is 2.01. The van der Waals surface area contributed by atoms with Gasteiger partial charge in [0.15, 0.2) is 0 Å². The third kappa shape index (κ3) is 4.18. The Kier molecular flexibility index (Phi) is 4.31. The van der Waals surface area contributed by atoms with E-state index in [9.17, 15) is 8.42 Å². The van der Waals surface area contributed by atoms with Gasteiger partial charge in [-0.1, -0.05) is 36.4 Å². The second-order valence-electron chi connectivity index (χ2n) is 2.56. The van der Waals surface area contributed by atoms with Crippen LogP contribution in [-0.2, 0) is 15.2 Å². The molecule has 14 heavy (non-hydrogen) atoms. The van der Waals surface area contributed by atoms with Gasteiger partial charge in [0.2, 0.25) is 0 Å². The minimum atomic E-state index is -2.90. The van der Waals surface area contributed by atoms with E-state index in [1.165, 1.54) is 6.08 Å². The number of nitrogens with two attached hydrogens (primary N) is 1. The number of benzene rings is 1. The minimum Gasteiger partial charge on any atom is -0.302 e. The van der Waals surface area contributed by atoms with Crippen molar-refractivity contribution in [2.24, 2.45) is 5.73 Å². The summed E-state index contributed by atoms with van der Waals surface area (Å²) >= 11 is 0. The Morgan fingerprint density at radius 3 is 2.50 bits per heavy atom. The summed E-state index contributed by atoms with van der Waals surface area (Å²) in [5.74, 6) is 0. The van der Waals surface area contributed by atoms with Crippen LogP contribution in [0.1, 0.15) is 5.56 Å². The Bertz CT molecular complexity index is 365. The standard InChI is InChI=1S/C9H11NO3S/c10-9(13-14(11)12)7-6-8-4-2-1-3-5-8/h1-7,9,14H,10H2. The highest BCUT2D eigenvalue weighted by atomic mass is 32.2. The van der Waals surface area contributed by atoms with Gasteiger partial charge in [-0.25, -0.2) is 12.6 Å². The number of thiol groups is 1.